The van der Waals surface area contributed by atoms with Crippen LogP contribution in [0.5, 0.6) is 5.75 Å². The van der Waals surface area contributed by atoms with Crippen LogP contribution >= 0.6 is 0 Å². The Bertz CT molecular complexity index is 978. The number of aryl methyl sites for hydroxylation is 3. The van der Waals surface area contributed by atoms with Gasteiger partial charge in [-0.15, -0.1) is 0 Å². The van der Waals surface area contributed by atoms with Crippen LogP contribution in [-0.4, -0.2) is 6.61 Å². The van der Waals surface area contributed by atoms with Gasteiger partial charge in [0.15, 0.2) is 11.6 Å². The molecule has 144 valence electrons. The number of hydrogen-bond acceptors (Lipinski definition) is 1. The number of benzene rings is 3. The van der Waals surface area contributed by atoms with Crippen molar-refractivity contribution in [2.24, 2.45) is 0 Å². The first-order valence-electron chi connectivity index (χ1n) is 9.05. The molecule has 0 spiro atoms. The van der Waals surface area contributed by atoms with Gasteiger partial charge in [0.1, 0.15) is 12.4 Å². The average molecular weight is 382 g/mol. The molecule has 0 aliphatic heterocycles. The van der Waals surface area contributed by atoms with Gasteiger partial charge in [0.2, 0.25) is 5.82 Å². The number of rotatable bonds is 7. The molecule has 0 aliphatic rings. The monoisotopic (exact) mass is 382 g/mol. The normalized spacial score (nSPS) is 10.7. The third kappa shape index (κ3) is 4.45. The second-order valence-corrected chi connectivity index (χ2v) is 6.63. The van der Waals surface area contributed by atoms with Crippen molar-refractivity contribution in [1.82, 2.24) is 0 Å². The third-order valence-corrected chi connectivity index (χ3v) is 4.56. The Morgan fingerprint density at radius 1 is 0.893 bits per heavy atom. The molecule has 0 saturated carbocycles. The lowest BCUT2D eigenvalue weighted by atomic mass is 9.99. The van der Waals surface area contributed by atoms with Crippen molar-refractivity contribution in [2.45, 2.75) is 19.8 Å². The summed E-state index contributed by atoms with van der Waals surface area (Å²) in [6.45, 7) is 5.44. The fraction of sp³-hybridized carbons (Fsp3) is 0.167. The highest BCUT2D eigenvalue weighted by molar-refractivity contribution is 5.65. The lowest BCUT2D eigenvalue weighted by Gasteiger charge is -2.10. The Kier molecular flexibility index (Phi) is 6.19. The summed E-state index contributed by atoms with van der Waals surface area (Å²) in [5.74, 6) is -2.31. The zero-order valence-corrected chi connectivity index (χ0v) is 15.6. The van der Waals surface area contributed by atoms with Crippen LogP contribution in [-0.2, 0) is 12.8 Å². The first kappa shape index (κ1) is 19.7. The minimum Gasteiger partial charge on any atom is -0.486 e. The topological polar surface area (TPSA) is 9.23 Å². The second kappa shape index (κ2) is 8.79. The molecule has 0 saturated heterocycles. The highest BCUT2D eigenvalue weighted by atomic mass is 19.2. The molecule has 1 nitrogen and oxygen atoms in total. The summed E-state index contributed by atoms with van der Waals surface area (Å²) in [5, 5.41) is 0. The van der Waals surface area contributed by atoms with E-state index in [1.807, 2.05) is 25.1 Å². The molecule has 0 radical (unpaired) electrons. The summed E-state index contributed by atoms with van der Waals surface area (Å²) >= 11 is 0. The molecule has 0 unspecified atom stereocenters. The van der Waals surface area contributed by atoms with Crippen molar-refractivity contribution in [3.05, 3.63) is 101 Å². The Hall–Kier alpha value is -3.01. The van der Waals surface area contributed by atoms with E-state index in [4.69, 9.17) is 4.74 Å². The van der Waals surface area contributed by atoms with Crippen molar-refractivity contribution in [1.29, 1.82) is 0 Å². The summed E-state index contributed by atoms with van der Waals surface area (Å²) in [7, 11) is 0. The molecular weight excluding hydrogens is 361 g/mol. The van der Waals surface area contributed by atoms with Crippen LogP contribution in [0.1, 0.15) is 16.7 Å². The van der Waals surface area contributed by atoms with Crippen LogP contribution in [0.3, 0.4) is 0 Å². The van der Waals surface area contributed by atoms with Gasteiger partial charge in [-0.1, -0.05) is 49.1 Å². The number of hydrogen-bond donors (Lipinski definition) is 0. The molecule has 0 heterocycles. The quantitative estimate of drug-likeness (QED) is 0.428. The van der Waals surface area contributed by atoms with Gasteiger partial charge in [0.25, 0.3) is 0 Å². The van der Waals surface area contributed by atoms with Crippen molar-refractivity contribution >= 4 is 0 Å². The van der Waals surface area contributed by atoms with Gasteiger partial charge < -0.3 is 4.74 Å². The van der Waals surface area contributed by atoms with Gasteiger partial charge in [0.05, 0.1) is 0 Å². The van der Waals surface area contributed by atoms with Gasteiger partial charge in [-0.05, 0) is 60.2 Å². The summed E-state index contributed by atoms with van der Waals surface area (Å²) in [4.78, 5) is 0. The minimum atomic E-state index is -1.02. The van der Waals surface area contributed by atoms with Crippen LogP contribution < -0.4 is 4.74 Å². The van der Waals surface area contributed by atoms with E-state index in [0.717, 1.165) is 11.1 Å². The van der Waals surface area contributed by atoms with E-state index in [0.29, 0.717) is 24.0 Å². The zero-order valence-electron chi connectivity index (χ0n) is 15.6. The summed E-state index contributed by atoms with van der Waals surface area (Å²) < 4.78 is 47.6. The Morgan fingerprint density at radius 3 is 2.32 bits per heavy atom. The van der Waals surface area contributed by atoms with Crippen molar-refractivity contribution in [3.63, 3.8) is 0 Å². The summed E-state index contributed by atoms with van der Waals surface area (Å²) in [6, 6.07) is 15.3. The number of halogens is 3. The molecule has 4 heteroatoms. The van der Waals surface area contributed by atoms with Gasteiger partial charge in [0, 0.05) is 5.56 Å². The largest absolute Gasteiger partial charge is 0.486 e. The predicted molar refractivity (Wildman–Crippen MR) is 106 cm³/mol. The Balaban J connectivity index is 1.73. The fourth-order valence-corrected chi connectivity index (χ4v) is 3.00. The molecule has 0 aliphatic carbocycles. The van der Waals surface area contributed by atoms with E-state index in [-0.39, 0.29) is 23.7 Å². The lowest BCUT2D eigenvalue weighted by Crippen LogP contribution is -1.99. The Labute approximate surface area is 163 Å². The SMILES string of the molecule is C=CCOc1ccc(-c2ccc(CCc3ccc(C)cc3F)cc2)c(F)c1F. The maximum Gasteiger partial charge on any atom is 0.201 e. The fourth-order valence-electron chi connectivity index (χ4n) is 3.00. The molecule has 0 aromatic heterocycles. The molecule has 0 fully saturated rings. The van der Waals surface area contributed by atoms with E-state index in [1.165, 1.54) is 24.3 Å². The van der Waals surface area contributed by atoms with Crippen molar-refractivity contribution < 1.29 is 17.9 Å². The smallest absolute Gasteiger partial charge is 0.201 e. The molecule has 0 bridgehead atoms. The maximum atomic E-state index is 14.4. The summed E-state index contributed by atoms with van der Waals surface area (Å²) in [6.07, 6.45) is 2.70. The van der Waals surface area contributed by atoms with E-state index in [1.54, 1.807) is 18.2 Å². The van der Waals surface area contributed by atoms with Gasteiger partial charge in [-0.2, -0.15) is 4.39 Å². The van der Waals surface area contributed by atoms with E-state index >= 15 is 0 Å². The van der Waals surface area contributed by atoms with Gasteiger partial charge in [-0.3, -0.25) is 0 Å². The molecule has 28 heavy (non-hydrogen) atoms. The van der Waals surface area contributed by atoms with E-state index in [9.17, 15) is 13.2 Å². The molecule has 3 rings (SSSR count). The standard InChI is InChI=1S/C24H21F3O/c1-3-14-28-22-13-12-20(23(26)24(22)27)18-9-5-17(6-10-18)7-11-19-8-4-16(2)15-21(19)25/h3-6,8-10,12-13,15H,1,7,11,14H2,2H3. The lowest BCUT2D eigenvalue weighted by molar-refractivity contribution is 0.333. The van der Waals surface area contributed by atoms with E-state index < -0.39 is 11.6 Å². The van der Waals surface area contributed by atoms with Gasteiger partial charge in [-0.25, -0.2) is 8.78 Å². The number of ether oxygens (including phenoxy) is 1. The molecule has 0 N–H and O–H groups in total. The van der Waals surface area contributed by atoms with Gasteiger partial charge >= 0.3 is 0 Å². The molecule has 3 aromatic rings. The highest BCUT2D eigenvalue weighted by Gasteiger charge is 2.15. The second-order valence-electron chi connectivity index (χ2n) is 6.63. The van der Waals surface area contributed by atoms with Crippen LogP contribution in [0.4, 0.5) is 13.2 Å². The highest BCUT2D eigenvalue weighted by Crippen LogP contribution is 2.30. The molecular formula is C24H21F3O. The van der Waals surface area contributed by atoms with Crippen molar-refractivity contribution in [2.75, 3.05) is 6.61 Å². The van der Waals surface area contributed by atoms with Crippen molar-refractivity contribution in [3.8, 4) is 16.9 Å². The summed E-state index contributed by atoms with van der Waals surface area (Å²) in [5.41, 5.74) is 3.28. The van der Waals surface area contributed by atoms with E-state index in [2.05, 4.69) is 6.58 Å². The first-order chi connectivity index (χ1) is 13.5. The minimum absolute atomic E-state index is 0.103. The van der Waals surface area contributed by atoms with Crippen LogP contribution in [0.15, 0.2) is 67.3 Å². The zero-order chi connectivity index (χ0) is 20.1. The molecule has 3 aromatic carbocycles. The first-order valence-corrected chi connectivity index (χ1v) is 9.05. The third-order valence-electron chi connectivity index (χ3n) is 4.56. The molecule has 0 atom stereocenters. The molecule has 0 amide bonds. The maximum absolute atomic E-state index is 14.4. The van der Waals surface area contributed by atoms with Crippen LogP contribution in [0.25, 0.3) is 11.1 Å². The van der Waals surface area contributed by atoms with Crippen LogP contribution in [0.2, 0.25) is 0 Å². The average Bonchev–Trinajstić information content (AvgIpc) is 2.69. The Morgan fingerprint density at radius 2 is 1.64 bits per heavy atom. The predicted octanol–water partition coefficient (Wildman–Crippen LogP) is 6.43. The van der Waals surface area contributed by atoms with Crippen LogP contribution in [0, 0.1) is 24.4 Å².